The Kier molecular flexibility index (Phi) is 5.76. The zero-order valence-electron chi connectivity index (χ0n) is 12.5. The minimum Gasteiger partial charge on any atom is -0.492 e. The topological polar surface area (TPSA) is 51.6 Å². The number of aromatic nitrogens is 1. The molecule has 0 saturated heterocycles. The van der Waals surface area contributed by atoms with E-state index in [1.807, 2.05) is 19.9 Å². The molecule has 2 unspecified atom stereocenters. The van der Waals surface area contributed by atoms with Crippen LogP contribution in [0.3, 0.4) is 0 Å². The number of pyridine rings is 1. The lowest BCUT2D eigenvalue weighted by Gasteiger charge is -2.34. The second kappa shape index (κ2) is 6.87. The van der Waals surface area contributed by atoms with Gasteiger partial charge in [-0.3, -0.25) is 4.98 Å². The number of hydrogen-bond acceptors (Lipinski definition) is 4. The molecular weight excluding hydrogens is 242 g/mol. The molecule has 0 aliphatic carbocycles. The fourth-order valence-corrected chi connectivity index (χ4v) is 2.01. The molecule has 0 fully saturated rings. The molecule has 0 spiro atoms. The fraction of sp³-hybridized carbons (Fsp3) is 0.667. The van der Waals surface area contributed by atoms with Gasteiger partial charge in [-0.1, -0.05) is 20.8 Å². The Bertz CT molecular complexity index is 387. The van der Waals surface area contributed by atoms with E-state index < -0.39 is 6.10 Å². The molecular formula is C15H25NO3. The van der Waals surface area contributed by atoms with E-state index in [0.717, 1.165) is 5.56 Å². The van der Waals surface area contributed by atoms with Gasteiger partial charge in [0.2, 0.25) is 0 Å². The molecule has 0 bridgehead atoms. The van der Waals surface area contributed by atoms with Crippen molar-refractivity contribution in [1.82, 2.24) is 4.98 Å². The van der Waals surface area contributed by atoms with Gasteiger partial charge in [0.15, 0.2) is 0 Å². The van der Waals surface area contributed by atoms with Gasteiger partial charge in [0.1, 0.15) is 11.9 Å². The minimum atomic E-state index is -0.715. The van der Waals surface area contributed by atoms with Crippen molar-refractivity contribution < 1.29 is 14.6 Å². The summed E-state index contributed by atoms with van der Waals surface area (Å²) in [6, 6.07) is 1.82. The maximum Gasteiger partial charge on any atom is 0.137 e. The molecule has 0 radical (unpaired) electrons. The second-order valence-corrected chi connectivity index (χ2v) is 5.57. The maximum atomic E-state index is 10.5. The van der Waals surface area contributed by atoms with Crippen molar-refractivity contribution in [1.29, 1.82) is 0 Å². The van der Waals surface area contributed by atoms with E-state index in [4.69, 9.17) is 9.47 Å². The zero-order valence-corrected chi connectivity index (χ0v) is 12.5. The highest BCUT2D eigenvalue weighted by Crippen LogP contribution is 2.33. The number of aliphatic hydroxyl groups excluding tert-OH is 1. The van der Waals surface area contributed by atoms with Gasteiger partial charge >= 0.3 is 0 Å². The molecule has 1 heterocycles. The first-order valence-electron chi connectivity index (χ1n) is 6.77. The molecule has 0 aromatic carbocycles. The molecule has 1 N–H and O–H groups in total. The lowest BCUT2D eigenvalue weighted by atomic mass is 9.83. The summed E-state index contributed by atoms with van der Waals surface area (Å²) in [5.41, 5.74) is 0.566. The van der Waals surface area contributed by atoms with E-state index in [1.165, 1.54) is 0 Å². The molecule has 1 aromatic heterocycles. The standard InChI is InChI=1S/C15H25NO3/c1-6-18-12-8-11(9-16-10-12)13(17)14(19-7-2)15(3,4)5/h8-10,13-14,17H,6-7H2,1-5H3. The highest BCUT2D eigenvalue weighted by atomic mass is 16.5. The minimum absolute atomic E-state index is 0.156. The molecule has 1 rings (SSSR count). The Morgan fingerprint density at radius 1 is 1.21 bits per heavy atom. The summed E-state index contributed by atoms with van der Waals surface area (Å²) in [6.07, 6.45) is 2.31. The summed E-state index contributed by atoms with van der Waals surface area (Å²) in [5.74, 6) is 0.670. The van der Waals surface area contributed by atoms with E-state index in [-0.39, 0.29) is 11.5 Å². The molecule has 4 nitrogen and oxygen atoms in total. The van der Waals surface area contributed by atoms with E-state index in [2.05, 4.69) is 25.8 Å². The second-order valence-electron chi connectivity index (χ2n) is 5.57. The Morgan fingerprint density at radius 2 is 1.89 bits per heavy atom. The molecule has 0 aliphatic heterocycles. The Morgan fingerprint density at radius 3 is 2.42 bits per heavy atom. The first kappa shape index (κ1) is 15.9. The SMILES string of the molecule is CCOc1cncc(C(O)C(OCC)C(C)(C)C)c1. The van der Waals surface area contributed by atoms with Gasteiger partial charge in [0, 0.05) is 18.4 Å². The first-order valence-corrected chi connectivity index (χ1v) is 6.77. The van der Waals surface area contributed by atoms with Gasteiger partial charge in [0.25, 0.3) is 0 Å². The molecule has 0 aliphatic rings. The average molecular weight is 267 g/mol. The van der Waals surface area contributed by atoms with Crippen LogP contribution in [0.1, 0.15) is 46.3 Å². The van der Waals surface area contributed by atoms with Crippen molar-refractivity contribution >= 4 is 0 Å². The van der Waals surface area contributed by atoms with Crippen LogP contribution >= 0.6 is 0 Å². The lowest BCUT2D eigenvalue weighted by molar-refractivity contribution is -0.0900. The summed E-state index contributed by atoms with van der Waals surface area (Å²) in [5, 5.41) is 10.5. The first-order chi connectivity index (χ1) is 8.90. The molecule has 1 aromatic rings. The molecule has 108 valence electrons. The predicted octanol–water partition coefficient (Wildman–Crippen LogP) is 2.96. The van der Waals surface area contributed by atoms with Crippen molar-refractivity contribution in [3.8, 4) is 5.75 Å². The van der Waals surface area contributed by atoms with Crippen LogP contribution in [-0.2, 0) is 4.74 Å². The summed E-state index contributed by atoms with van der Waals surface area (Å²) in [6.45, 7) is 11.2. The average Bonchev–Trinajstić information content (AvgIpc) is 2.34. The van der Waals surface area contributed by atoms with Gasteiger partial charge in [-0.15, -0.1) is 0 Å². The van der Waals surface area contributed by atoms with Gasteiger partial charge in [0.05, 0.1) is 18.9 Å². The van der Waals surface area contributed by atoms with Crippen molar-refractivity contribution in [2.24, 2.45) is 5.41 Å². The number of nitrogens with zero attached hydrogens (tertiary/aromatic N) is 1. The molecule has 0 amide bonds. The lowest BCUT2D eigenvalue weighted by Crippen LogP contribution is -2.35. The third kappa shape index (κ3) is 4.48. The molecule has 19 heavy (non-hydrogen) atoms. The van der Waals surface area contributed by atoms with Crippen LogP contribution < -0.4 is 4.74 Å². The zero-order chi connectivity index (χ0) is 14.5. The van der Waals surface area contributed by atoms with Crippen molar-refractivity contribution in [3.05, 3.63) is 24.0 Å². The highest BCUT2D eigenvalue weighted by molar-refractivity contribution is 5.26. The van der Waals surface area contributed by atoms with E-state index in [9.17, 15) is 5.11 Å². The largest absolute Gasteiger partial charge is 0.492 e. The van der Waals surface area contributed by atoms with Crippen molar-refractivity contribution in [2.45, 2.75) is 46.8 Å². The van der Waals surface area contributed by atoms with E-state index >= 15 is 0 Å². The van der Waals surface area contributed by atoms with Gasteiger partial charge in [-0.25, -0.2) is 0 Å². The monoisotopic (exact) mass is 267 g/mol. The van der Waals surface area contributed by atoms with Crippen LogP contribution in [0.5, 0.6) is 5.75 Å². The number of aliphatic hydroxyl groups is 1. The van der Waals surface area contributed by atoms with Crippen LogP contribution in [-0.4, -0.2) is 29.4 Å². The summed E-state index contributed by atoms with van der Waals surface area (Å²) < 4.78 is 11.1. The Hall–Kier alpha value is -1.13. The third-order valence-corrected chi connectivity index (χ3v) is 2.87. The maximum absolute atomic E-state index is 10.5. The molecule has 0 saturated carbocycles. The van der Waals surface area contributed by atoms with E-state index in [1.54, 1.807) is 12.4 Å². The number of ether oxygens (including phenoxy) is 2. The smallest absolute Gasteiger partial charge is 0.137 e. The Balaban J connectivity index is 2.95. The summed E-state index contributed by atoms with van der Waals surface area (Å²) in [7, 11) is 0. The van der Waals surface area contributed by atoms with Crippen LogP contribution in [0.25, 0.3) is 0 Å². The third-order valence-electron chi connectivity index (χ3n) is 2.87. The van der Waals surface area contributed by atoms with E-state index in [0.29, 0.717) is 19.0 Å². The quantitative estimate of drug-likeness (QED) is 0.861. The van der Waals surface area contributed by atoms with Gasteiger partial charge in [-0.2, -0.15) is 0 Å². The van der Waals surface area contributed by atoms with Crippen molar-refractivity contribution in [2.75, 3.05) is 13.2 Å². The normalized spacial score (nSPS) is 15.1. The highest BCUT2D eigenvalue weighted by Gasteiger charge is 2.33. The van der Waals surface area contributed by atoms with Crippen LogP contribution in [0, 0.1) is 5.41 Å². The number of hydrogen-bond donors (Lipinski definition) is 1. The molecule has 4 heteroatoms. The molecule has 2 atom stereocenters. The van der Waals surface area contributed by atoms with Crippen LogP contribution in [0.4, 0.5) is 0 Å². The van der Waals surface area contributed by atoms with Gasteiger partial charge in [-0.05, 0) is 25.3 Å². The summed E-state index contributed by atoms with van der Waals surface area (Å²) in [4.78, 5) is 4.11. The fourth-order valence-electron chi connectivity index (χ4n) is 2.01. The summed E-state index contributed by atoms with van der Waals surface area (Å²) >= 11 is 0. The number of rotatable bonds is 6. The van der Waals surface area contributed by atoms with Crippen LogP contribution in [0.2, 0.25) is 0 Å². The Labute approximate surface area is 115 Å². The van der Waals surface area contributed by atoms with Crippen LogP contribution in [0.15, 0.2) is 18.5 Å². The van der Waals surface area contributed by atoms with Gasteiger partial charge < -0.3 is 14.6 Å². The predicted molar refractivity (Wildman–Crippen MR) is 75.2 cm³/mol. The van der Waals surface area contributed by atoms with Crippen molar-refractivity contribution in [3.63, 3.8) is 0 Å².